The van der Waals surface area contributed by atoms with Gasteiger partial charge in [-0.25, -0.2) is 4.79 Å². The summed E-state index contributed by atoms with van der Waals surface area (Å²) in [7, 11) is 0. The quantitative estimate of drug-likeness (QED) is 0.612. The summed E-state index contributed by atoms with van der Waals surface area (Å²) in [5, 5.41) is 0. The van der Waals surface area contributed by atoms with Crippen LogP contribution in [0.3, 0.4) is 0 Å². The number of esters is 1. The van der Waals surface area contributed by atoms with E-state index >= 15 is 0 Å². The number of aryl methyl sites for hydroxylation is 1. The Kier molecular flexibility index (Phi) is 2.83. The van der Waals surface area contributed by atoms with E-state index in [9.17, 15) is 4.79 Å². The van der Waals surface area contributed by atoms with Crippen molar-refractivity contribution in [3.05, 3.63) is 53.6 Å². The number of hydrogen-bond acceptors (Lipinski definition) is 4. The first-order chi connectivity index (χ1) is 9.22. The van der Waals surface area contributed by atoms with Crippen LogP contribution in [0.2, 0.25) is 0 Å². The van der Waals surface area contributed by atoms with E-state index in [1.807, 2.05) is 19.1 Å². The molecule has 2 aromatic carbocycles. The molecule has 2 aromatic rings. The molecule has 0 unspecified atom stereocenters. The Morgan fingerprint density at radius 3 is 2.79 bits per heavy atom. The van der Waals surface area contributed by atoms with Crippen LogP contribution in [0.5, 0.6) is 17.2 Å². The van der Waals surface area contributed by atoms with E-state index in [4.69, 9.17) is 14.2 Å². The average molecular weight is 256 g/mol. The Hall–Kier alpha value is -2.49. The molecule has 0 radical (unpaired) electrons. The molecule has 96 valence electrons. The Morgan fingerprint density at radius 1 is 1.11 bits per heavy atom. The molecule has 0 fully saturated rings. The maximum atomic E-state index is 12.0. The highest BCUT2D eigenvalue weighted by Gasteiger charge is 2.15. The van der Waals surface area contributed by atoms with Crippen molar-refractivity contribution >= 4 is 5.97 Å². The van der Waals surface area contributed by atoms with Crippen LogP contribution in [-0.2, 0) is 0 Å². The van der Waals surface area contributed by atoms with Gasteiger partial charge in [0.1, 0.15) is 5.75 Å². The van der Waals surface area contributed by atoms with Crippen molar-refractivity contribution in [2.45, 2.75) is 6.92 Å². The van der Waals surface area contributed by atoms with Crippen LogP contribution in [0, 0.1) is 6.92 Å². The van der Waals surface area contributed by atoms with Crippen molar-refractivity contribution < 1.29 is 19.0 Å². The van der Waals surface area contributed by atoms with Crippen LogP contribution in [-0.4, -0.2) is 12.8 Å². The van der Waals surface area contributed by atoms with Gasteiger partial charge in [0, 0.05) is 6.07 Å². The molecule has 1 aliphatic heterocycles. The van der Waals surface area contributed by atoms with Gasteiger partial charge in [-0.05, 0) is 31.2 Å². The Labute approximate surface area is 110 Å². The van der Waals surface area contributed by atoms with Crippen molar-refractivity contribution in [1.82, 2.24) is 0 Å². The molecule has 1 aliphatic rings. The summed E-state index contributed by atoms with van der Waals surface area (Å²) in [6.07, 6.45) is 0. The number of fused-ring (bicyclic) bond motifs is 1. The molecule has 0 spiro atoms. The zero-order valence-corrected chi connectivity index (χ0v) is 10.4. The van der Waals surface area contributed by atoms with Crippen molar-refractivity contribution in [1.29, 1.82) is 0 Å². The normalized spacial score (nSPS) is 12.3. The molecule has 0 aromatic heterocycles. The molecule has 0 bridgehead atoms. The van der Waals surface area contributed by atoms with Gasteiger partial charge in [-0.15, -0.1) is 0 Å². The van der Waals surface area contributed by atoms with Crippen molar-refractivity contribution in [3.63, 3.8) is 0 Å². The van der Waals surface area contributed by atoms with E-state index < -0.39 is 0 Å². The van der Waals surface area contributed by atoms with Crippen molar-refractivity contribution in [3.8, 4) is 17.2 Å². The summed E-state index contributed by atoms with van der Waals surface area (Å²) >= 11 is 0. The van der Waals surface area contributed by atoms with Gasteiger partial charge in [0.15, 0.2) is 11.5 Å². The number of rotatable bonds is 2. The smallest absolute Gasteiger partial charge is 0.343 e. The summed E-state index contributed by atoms with van der Waals surface area (Å²) in [4.78, 5) is 12.0. The fourth-order valence-electron chi connectivity index (χ4n) is 1.88. The van der Waals surface area contributed by atoms with E-state index in [1.54, 1.807) is 30.3 Å². The molecule has 0 amide bonds. The molecule has 0 saturated carbocycles. The van der Waals surface area contributed by atoms with Crippen LogP contribution >= 0.6 is 0 Å². The minimum absolute atomic E-state index is 0.199. The van der Waals surface area contributed by atoms with E-state index in [0.29, 0.717) is 22.8 Å². The second-order valence-corrected chi connectivity index (χ2v) is 4.27. The van der Waals surface area contributed by atoms with Gasteiger partial charge in [0.05, 0.1) is 5.56 Å². The molecular weight excluding hydrogens is 244 g/mol. The summed E-state index contributed by atoms with van der Waals surface area (Å²) in [6.45, 7) is 2.13. The van der Waals surface area contributed by atoms with Gasteiger partial charge in [-0.3, -0.25) is 0 Å². The SMILES string of the molecule is Cc1cccc(C(=O)Oc2ccc3c(c2)OCO3)c1. The first-order valence-electron chi connectivity index (χ1n) is 5.91. The predicted octanol–water partition coefficient (Wildman–Crippen LogP) is 2.94. The second-order valence-electron chi connectivity index (χ2n) is 4.27. The summed E-state index contributed by atoms with van der Waals surface area (Å²) in [6, 6.07) is 12.3. The van der Waals surface area contributed by atoms with Gasteiger partial charge in [0.2, 0.25) is 6.79 Å². The van der Waals surface area contributed by atoms with Crippen LogP contribution in [0.25, 0.3) is 0 Å². The zero-order valence-electron chi connectivity index (χ0n) is 10.4. The van der Waals surface area contributed by atoms with Crippen molar-refractivity contribution in [2.24, 2.45) is 0 Å². The largest absolute Gasteiger partial charge is 0.454 e. The lowest BCUT2D eigenvalue weighted by molar-refractivity contribution is 0.0734. The lowest BCUT2D eigenvalue weighted by Gasteiger charge is -2.05. The van der Waals surface area contributed by atoms with Gasteiger partial charge >= 0.3 is 5.97 Å². The number of ether oxygens (including phenoxy) is 3. The first-order valence-corrected chi connectivity index (χ1v) is 5.91. The predicted molar refractivity (Wildman–Crippen MR) is 68.7 cm³/mol. The van der Waals surface area contributed by atoms with Crippen molar-refractivity contribution in [2.75, 3.05) is 6.79 Å². The molecule has 0 saturated heterocycles. The molecule has 3 rings (SSSR count). The van der Waals surface area contributed by atoms with Crippen LogP contribution in [0.4, 0.5) is 0 Å². The van der Waals surface area contributed by atoms with E-state index in [1.165, 1.54) is 0 Å². The highest BCUT2D eigenvalue weighted by molar-refractivity contribution is 5.91. The molecule has 4 nitrogen and oxygen atoms in total. The van der Waals surface area contributed by atoms with Crippen LogP contribution < -0.4 is 14.2 Å². The topological polar surface area (TPSA) is 44.8 Å². The maximum absolute atomic E-state index is 12.0. The molecule has 0 N–H and O–H groups in total. The fraction of sp³-hybridized carbons (Fsp3) is 0.133. The first kappa shape index (κ1) is 11.6. The summed E-state index contributed by atoms with van der Waals surface area (Å²) in [5.74, 6) is 1.31. The number of carbonyl (C=O) groups excluding carboxylic acids is 1. The second kappa shape index (κ2) is 4.65. The molecule has 1 heterocycles. The Balaban J connectivity index is 1.80. The van der Waals surface area contributed by atoms with Crippen LogP contribution in [0.15, 0.2) is 42.5 Å². The minimum atomic E-state index is -0.387. The van der Waals surface area contributed by atoms with Gasteiger partial charge < -0.3 is 14.2 Å². The van der Waals surface area contributed by atoms with E-state index in [-0.39, 0.29) is 12.8 Å². The highest BCUT2D eigenvalue weighted by atomic mass is 16.7. The average Bonchev–Trinajstić information content (AvgIpc) is 2.86. The summed E-state index contributed by atoms with van der Waals surface area (Å²) in [5.41, 5.74) is 1.54. The Morgan fingerprint density at radius 2 is 1.95 bits per heavy atom. The lowest BCUT2D eigenvalue weighted by Crippen LogP contribution is -2.08. The summed E-state index contributed by atoms with van der Waals surface area (Å²) < 4.78 is 15.7. The van der Waals surface area contributed by atoms with Gasteiger partial charge in [-0.2, -0.15) is 0 Å². The highest BCUT2D eigenvalue weighted by Crippen LogP contribution is 2.35. The number of benzene rings is 2. The third kappa shape index (κ3) is 2.38. The molecule has 19 heavy (non-hydrogen) atoms. The van der Waals surface area contributed by atoms with E-state index in [2.05, 4.69) is 0 Å². The third-order valence-electron chi connectivity index (χ3n) is 2.81. The van der Waals surface area contributed by atoms with Gasteiger partial charge in [-0.1, -0.05) is 17.7 Å². The number of hydrogen-bond donors (Lipinski definition) is 0. The molecule has 0 atom stereocenters. The lowest BCUT2D eigenvalue weighted by atomic mass is 10.1. The zero-order chi connectivity index (χ0) is 13.2. The third-order valence-corrected chi connectivity index (χ3v) is 2.81. The fourth-order valence-corrected chi connectivity index (χ4v) is 1.88. The number of carbonyl (C=O) groups is 1. The molecule has 0 aliphatic carbocycles. The minimum Gasteiger partial charge on any atom is -0.454 e. The van der Waals surface area contributed by atoms with Gasteiger partial charge in [0.25, 0.3) is 0 Å². The monoisotopic (exact) mass is 256 g/mol. The Bertz CT molecular complexity index is 634. The maximum Gasteiger partial charge on any atom is 0.343 e. The molecular formula is C15H12O4. The standard InChI is InChI=1S/C15H12O4/c1-10-3-2-4-11(7-10)15(16)19-12-5-6-13-14(8-12)18-9-17-13/h2-8H,9H2,1H3. The van der Waals surface area contributed by atoms with Crippen LogP contribution in [0.1, 0.15) is 15.9 Å². The van der Waals surface area contributed by atoms with E-state index in [0.717, 1.165) is 5.56 Å². The molecule has 4 heteroatoms.